The summed E-state index contributed by atoms with van der Waals surface area (Å²) in [4.78, 5) is 7.25. The molecule has 0 bridgehead atoms. The van der Waals surface area contributed by atoms with Gasteiger partial charge in [-0.25, -0.2) is 9.97 Å². The molecule has 2 aromatic heterocycles. The summed E-state index contributed by atoms with van der Waals surface area (Å²) in [5.41, 5.74) is 5.28. The maximum absolute atomic E-state index is 12.3. The highest BCUT2D eigenvalue weighted by atomic mass is 19.4. The number of ether oxygens (including phenoxy) is 1. The summed E-state index contributed by atoms with van der Waals surface area (Å²) >= 11 is 0. The first-order valence-corrected chi connectivity index (χ1v) is 5.35. The molecule has 0 spiro atoms. The molecule has 2 rings (SSSR count). The zero-order valence-electron chi connectivity index (χ0n) is 9.69. The maximum atomic E-state index is 12.3. The van der Waals surface area contributed by atoms with Crippen LogP contribution in [0.2, 0.25) is 0 Å². The third-order valence-electron chi connectivity index (χ3n) is 2.28. The third kappa shape index (κ3) is 3.41. The van der Waals surface area contributed by atoms with Crippen LogP contribution in [0.1, 0.15) is 11.3 Å². The molecule has 7 heteroatoms. The highest BCUT2D eigenvalue weighted by molar-refractivity contribution is 5.27. The van der Waals surface area contributed by atoms with Crippen molar-refractivity contribution in [1.29, 1.82) is 0 Å². The molecule has 0 saturated carbocycles. The molecule has 4 nitrogen and oxygen atoms in total. The summed E-state index contributed by atoms with van der Waals surface area (Å²) in [5.74, 6) is 0.444. The molecule has 100 valence electrons. The molecule has 0 aliphatic heterocycles. The fraction of sp³-hybridized carbons (Fsp3) is 0.167. The largest absolute Gasteiger partial charge is 0.437 e. The van der Waals surface area contributed by atoms with Gasteiger partial charge in [-0.05, 0) is 17.7 Å². The molecule has 0 unspecified atom stereocenters. The summed E-state index contributed by atoms with van der Waals surface area (Å²) < 4.78 is 42.2. The van der Waals surface area contributed by atoms with Crippen LogP contribution in [0.5, 0.6) is 11.6 Å². The Morgan fingerprint density at radius 3 is 2.32 bits per heavy atom. The highest BCUT2D eigenvalue weighted by Gasteiger charge is 2.32. The smallest absolute Gasteiger partial charge is 0.433 e. The monoisotopic (exact) mass is 269 g/mol. The van der Waals surface area contributed by atoms with Gasteiger partial charge in [-0.2, -0.15) is 13.2 Å². The van der Waals surface area contributed by atoms with Crippen LogP contribution in [0, 0.1) is 0 Å². The van der Waals surface area contributed by atoms with E-state index in [1.807, 2.05) is 0 Å². The van der Waals surface area contributed by atoms with E-state index in [2.05, 4.69) is 9.97 Å². The molecule has 0 aliphatic carbocycles. The summed E-state index contributed by atoms with van der Waals surface area (Å²) in [5, 5.41) is 0. The van der Waals surface area contributed by atoms with E-state index in [4.69, 9.17) is 10.5 Å². The number of nitrogens with zero attached hydrogens (tertiary/aromatic N) is 2. The van der Waals surface area contributed by atoms with Crippen molar-refractivity contribution in [2.45, 2.75) is 12.7 Å². The number of nitrogens with two attached hydrogens (primary N) is 1. The Morgan fingerprint density at radius 1 is 1.05 bits per heavy atom. The van der Waals surface area contributed by atoms with Gasteiger partial charge in [0.25, 0.3) is 0 Å². The molecule has 0 radical (unpaired) electrons. The lowest BCUT2D eigenvalue weighted by atomic mass is 10.3. The lowest BCUT2D eigenvalue weighted by molar-refractivity contribution is -0.141. The van der Waals surface area contributed by atoms with Crippen LogP contribution < -0.4 is 10.5 Å². The van der Waals surface area contributed by atoms with Crippen LogP contribution in [-0.2, 0) is 12.7 Å². The van der Waals surface area contributed by atoms with Crippen molar-refractivity contribution in [3.05, 3.63) is 47.9 Å². The minimum atomic E-state index is -4.46. The number of aromatic nitrogens is 2. The van der Waals surface area contributed by atoms with Gasteiger partial charge in [-0.1, -0.05) is 6.07 Å². The highest BCUT2D eigenvalue weighted by Crippen LogP contribution is 2.29. The first-order valence-electron chi connectivity index (χ1n) is 5.35. The Bertz CT molecular complexity index is 538. The predicted octanol–water partition coefficient (Wildman–Crippen LogP) is 2.75. The molecular weight excluding hydrogens is 259 g/mol. The second-order valence-electron chi connectivity index (χ2n) is 3.69. The van der Waals surface area contributed by atoms with E-state index in [9.17, 15) is 13.2 Å². The number of alkyl halides is 3. The lowest BCUT2D eigenvalue weighted by Gasteiger charge is -2.07. The number of rotatable bonds is 3. The fourth-order valence-electron chi connectivity index (χ4n) is 1.32. The Morgan fingerprint density at radius 2 is 1.84 bits per heavy atom. The van der Waals surface area contributed by atoms with E-state index in [0.29, 0.717) is 6.54 Å². The maximum Gasteiger partial charge on any atom is 0.433 e. The van der Waals surface area contributed by atoms with Gasteiger partial charge < -0.3 is 10.5 Å². The van der Waals surface area contributed by atoms with Crippen LogP contribution in [-0.4, -0.2) is 9.97 Å². The molecule has 0 aliphatic rings. The molecule has 2 aromatic rings. The first kappa shape index (κ1) is 13.3. The van der Waals surface area contributed by atoms with Crippen molar-refractivity contribution in [3.63, 3.8) is 0 Å². The average Bonchev–Trinajstić information content (AvgIpc) is 2.39. The van der Waals surface area contributed by atoms with Crippen molar-refractivity contribution in [3.8, 4) is 11.6 Å². The topological polar surface area (TPSA) is 61.0 Å². The van der Waals surface area contributed by atoms with E-state index in [1.165, 1.54) is 12.3 Å². The molecular formula is C12H10F3N3O. The second kappa shape index (κ2) is 5.23. The second-order valence-corrected chi connectivity index (χ2v) is 3.69. The zero-order valence-corrected chi connectivity index (χ0v) is 9.69. The molecule has 2 heterocycles. The van der Waals surface area contributed by atoms with E-state index in [1.54, 1.807) is 12.1 Å². The Kier molecular flexibility index (Phi) is 3.66. The van der Waals surface area contributed by atoms with Gasteiger partial charge in [0.15, 0.2) is 0 Å². The molecule has 2 N–H and O–H groups in total. The summed E-state index contributed by atoms with van der Waals surface area (Å²) in [6.07, 6.45) is -1.92. The third-order valence-corrected chi connectivity index (χ3v) is 2.28. The van der Waals surface area contributed by atoms with Crippen LogP contribution in [0.15, 0.2) is 36.7 Å². The Labute approximate surface area is 107 Å². The predicted molar refractivity (Wildman–Crippen MR) is 61.4 cm³/mol. The van der Waals surface area contributed by atoms with Crippen molar-refractivity contribution >= 4 is 0 Å². The van der Waals surface area contributed by atoms with E-state index >= 15 is 0 Å². The van der Waals surface area contributed by atoms with Gasteiger partial charge in [0, 0.05) is 18.8 Å². The SMILES string of the molecule is NCc1ccc(Oc2ccc(C(F)(F)F)nc2)nc1. The minimum absolute atomic E-state index is 0.181. The summed E-state index contributed by atoms with van der Waals surface area (Å²) in [6.45, 7) is 0.356. The van der Waals surface area contributed by atoms with Gasteiger partial charge in [-0.3, -0.25) is 0 Å². The Hall–Kier alpha value is -2.15. The summed E-state index contributed by atoms with van der Waals surface area (Å²) in [6, 6.07) is 5.34. The van der Waals surface area contributed by atoms with Crippen molar-refractivity contribution in [2.24, 2.45) is 5.73 Å². The van der Waals surface area contributed by atoms with Crippen LogP contribution in [0.25, 0.3) is 0 Å². The quantitative estimate of drug-likeness (QED) is 0.930. The standard InChI is InChI=1S/C12H10F3N3O/c13-12(14,15)10-3-2-9(7-17-10)19-11-4-1-8(5-16)6-18-11/h1-4,6-7H,5,16H2. The van der Waals surface area contributed by atoms with Crippen molar-refractivity contribution < 1.29 is 17.9 Å². The number of hydrogen-bond donors (Lipinski definition) is 1. The Balaban J connectivity index is 2.10. The van der Waals surface area contributed by atoms with Crippen LogP contribution >= 0.6 is 0 Å². The molecule has 0 atom stereocenters. The van der Waals surface area contributed by atoms with Crippen molar-refractivity contribution in [1.82, 2.24) is 9.97 Å². The lowest BCUT2D eigenvalue weighted by Crippen LogP contribution is -2.07. The van der Waals surface area contributed by atoms with Gasteiger partial charge in [0.1, 0.15) is 11.4 Å². The number of hydrogen-bond acceptors (Lipinski definition) is 4. The minimum Gasteiger partial charge on any atom is -0.437 e. The number of halogens is 3. The van der Waals surface area contributed by atoms with E-state index < -0.39 is 11.9 Å². The van der Waals surface area contributed by atoms with Gasteiger partial charge in [-0.15, -0.1) is 0 Å². The van der Waals surface area contributed by atoms with Crippen LogP contribution in [0.4, 0.5) is 13.2 Å². The first-order chi connectivity index (χ1) is 8.99. The summed E-state index contributed by atoms with van der Waals surface area (Å²) in [7, 11) is 0. The van der Waals surface area contributed by atoms with Gasteiger partial charge >= 0.3 is 6.18 Å². The molecule has 19 heavy (non-hydrogen) atoms. The molecule has 0 aromatic carbocycles. The molecule has 0 fully saturated rings. The van der Waals surface area contributed by atoms with Crippen LogP contribution in [0.3, 0.4) is 0 Å². The van der Waals surface area contributed by atoms with Gasteiger partial charge in [0.2, 0.25) is 5.88 Å². The fourth-order valence-corrected chi connectivity index (χ4v) is 1.32. The average molecular weight is 269 g/mol. The molecule has 0 amide bonds. The van der Waals surface area contributed by atoms with Gasteiger partial charge in [0.05, 0.1) is 6.20 Å². The van der Waals surface area contributed by atoms with E-state index in [-0.39, 0.29) is 11.6 Å². The van der Waals surface area contributed by atoms with Crippen molar-refractivity contribution in [2.75, 3.05) is 0 Å². The number of pyridine rings is 2. The molecule has 0 saturated heterocycles. The van der Waals surface area contributed by atoms with E-state index in [0.717, 1.165) is 17.8 Å². The zero-order chi connectivity index (χ0) is 13.9. The normalized spacial score (nSPS) is 11.4.